The van der Waals surface area contributed by atoms with Gasteiger partial charge in [0.1, 0.15) is 22.8 Å². The molecule has 0 spiro atoms. The fourth-order valence-electron chi connectivity index (χ4n) is 2.51. The van der Waals surface area contributed by atoms with Crippen LogP contribution in [0.2, 0.25) is 0 Å². The highest BCUT2D eigenvalue weighted by Gasteiger charge is 2.37. The minimum Gasteiger partial charge on any atom is -0.364 e. The van der Waals surface area contributed by atoms with Crippen molar-refractivity contribution in [2.75, 3.05) is 0 Å². The average molecular weight is 413 g/mol. The molecule has 3 aromatic rings. The predicted molar refractivity (Wildman–Crippen MR) is 87.0 cm³/mol. The first-order chi connectivity index (χ1) is 13.5. The number of carbonyl (C=O) groups is 1. The third kappa shape index (κ3) is 4.00. The molecule has 0 radical (unpaired) electrons. The van der Waals surface area contributed by atoms with E-state index in [1.165, 1.54) is 0 Å². The molecule has 3 aromatic heterocycles. The SMILES string of the molecule is NC(=O)c1ncc(-c2ncccc2C(F)(F)F)nc1-c1ncccc1C(F)(F)F. The van der Waals surface area contributed by atoms with E-state index < -0.39 is 57.9 Å². The van der Waals surface area contributed by atoms with Gasteiger partial charge in [-0.1, -0.05) is 0 Å². The lowest BCUT2D eigenvalue weighted by Crippen LogP contribution is -2.18. The molecule has 0 aliphatic rings. The van der Waals surface area contributed by atoms with Crippen LogP contribution in [0.25, 0.3) is 22.8 Å². The molecule has 3 rings (SSSR count). The minimum atomic E-state index is -4.88. The van der Waals surface area contributed by atoms with Crippen LogP contribution in [0.3, 0.4) is 0 Å². The van der Waals surface area contributed by atoms with E-state index in [2.05, 4.69) is 19.9 Å². The van der Waals surface area contributed by atoms with Gasteiger partial charge in [0.2, 0.25) is 0 Å². The van der Waals surface area contributed by atoms with Crippen molar-refractivity contribution in [3.05, 3.63) is 59.7 Å². The molecule has 150 valence electrons. The molecule has 0 atom stereocenters. The Morgan fingerprint density at radius 2 is 1.31 bits per heavy atom. The van der Waals surface area contributed by atoms with Crippen molar-refractivity contribution in [2.24, 2.45) is 5.73 Å². The molecule has 0 aliphatic heterocycles. The van der Waals surface area contributed by atoms with Gasteiger partial charge in [0.25, 0.3) is 5.91 Å². The maximum absolute atomic E-state index is 13.3. The molecular formula is C17H9F6N5O. The molecule has 0 aromatic carbocycles. The van der Waals surface area contributed by atoms with E-state index in [0.717, 1.165) is 36.8 Å². The number of rotatable bonds is 3. The van der Waals surface area contributed by atoms with Gasteiger partial charge in [0.05, 0.1) is 17.3 Å². The second kappa shape index (κ2) is 7.11. The van der Waals surface area contributed by atoms with Crippen LogP contribution in [0.5, 0.6) is 0 Å². The Balaban J connectivity index is 2.31. The summed E-state index contributed by atoms with van der Waals surface area (Å²) in [6, 6.07) is 3.46. The number of nitrogens with two attached hydrogens (primary N) is 1. The van der Waals surface area contributed by atoms with Crippen molar-refractivity contribution < 1.29 is 31.1 Å². The molecule has 0 saturated carbocycles. The van der Waals surface area contributed by atoms with Crippen LogP contribution in [-0.2, 0) is 12.4 Å². The zero-order valence-electron chi connectivity index (χ0n) is 14.1. The minimum absolute atomic E-state index is 0.503. The van der Waals surface area contributed by atoms with Gasteiger partial charge in [-0.15, -0.1) is 0 Å². The smallest absolute Gasteiger partial charge is 0.364 e. The zero-order valence-corrected chi connectivity index (χ0v) is 14.1. The van der Waals surface area contributed by atoms with Crippen molar-refractivity contribution in [3.8, 4) is 22.8 Å². The molecule has 0 unspecified atom stereocenters. The lowest BCUT2D eigenvalue weighted by atomic mass is 10.1. The number of aromatic nitrogens is 4. The van der Waals surface area contributed by atoms with Gasteiger partial charge in [0, 0.05) is 12.4 Å². The highest BCUT2D eigenvalue weighted by Crippen LogP contribution is 2.38. The number of pyridine rings is 2. The number of primary amides is 1. The summed E-state index contributed by atoms with van der Waals surface area (Å²) < 4.78 is 79.8. The number of amides is 1. The van der Waals surface area contributed by atoms with Gasteiger partial charge in [0.15, 0.2) is 5.69 Å². The van der Waals surface area contributed by atoms with Crippen molar-refractivity contribution in [1.82, 2.24) is 19.9 Å². The summed E-state index contributed by atoms with van der Waals surface area (Å²) in [5.41, 5.74) is -0.641. The first kappa shape index (κ1) is 20.2. The van der Waals surface area contributed by atoms with E-state index in [1.54, 1.807) is 0 Å². The monoisotopic (exact) mass is 413 g/mol. The van der Waals surface area contributed by atoms with Gasteiger partial charge in [-0.2, -0.15) is 26.3 Å². The summed E-state index contributed by atoms with van der Waals surface area (Å²) in [6.45, 7) is 0. The summed E-state index contributed by atoms with van der Waals surface area (Å²) in [5, 5.41) is 0. The molecule has 29 heavy (non-hydrogen) atoms. The number of nitrogens with zero attached hydrogens (tertiary/aromatic N) is 4. The Hall–Kier alpha value is -3.57. The molecule has 12 heteroatoms. The number of hydrogen-bond acceptors (Lipinski definition) is 5. The molecule has 6 nitrogen and oxygen atoms in total. The van der Waals surface area contributed by atoms with Crippen LogP contribution in [0.1, 0.15) is 21.6 Å². The second-order valence-electron chi connectivity index (χ2n) is 5.61. The second-order valence-corrected chi connectivity index (χ2v) is 5.61. The Bertz CT molecular complexity index is 1080. The van der Waals surface area contributed by atoms with Crippen LogP contribution < -0.4 is 5.73 Å². The van der Waals surface area contributed by atoms with Crippen LogP contribution in [0, 0.1) is 0 Å². The summed E-state index contributed by atoms with van der Waals surface area (Å²) >= 11 is 0. The number of carbonyl (C=O) groups excluding carboxylic acids is 1. The highest BCUT2D eigenvalue weighted by molar-refractivity contribution is 5.97. The lowest BCUT2D eigenvalue weighted by Gasteiger charge is -2.15. The third-order valence-electron chi connectivity index (χ3n) is 3.70. The molecule has 2 N–H and O–H groups in total. The number of halogens is 6. The fourth-order valence-corrected chi connectivity index (χ4v) is 2.51. The molecule has 3 heterocycles. The van der Waals surface area contributed by atoms with Crippen molar-refractivity contribution >= 4 is 5.91 Å². The number of alkyl halides is 6. The van der Waals surface area contributed by atoms with Crippen LogP contribution in [0.15, 0.2) is 42.9 Å². The zero-order chi connectivity index (χ0) is 21.4. The molecule has 0 aliphatic carbocycles. The van der Waals surface area contributed by atoms with Gasteiger partial charge >= 0.3 is 12.4 Å². The van der Waals surface area contributed by atoms with Crippen LogP contribution in [-0.4, -0.2) is 25.8 Å². The molecule has 0 saturated heterocycles. The molecule has 1 amide bonds. The molecular weight excluding hydrogens is 404 g/mol. The van der Waals surface area contributed by atoms with Crippen LogP contribution in [0.4, 0.5) is 26.3 Å². The number of hydrogen-bond donors (Lipinski definition) is 1. The highest BCUT2D eigenvalue weighted by atomic mass is 19.4. The van der Waals surface area contributed by atoms with Gasteiger partial charge in [-0.05, 0) is 24.3 Å². The van der Waals surface area contributed by atoms with Crippen molar-refractivity contribution in [2.45, 2.75) is 12.4 Å². The summed E-state index contributed by atoms with van der Waals surface area (Å²) in [5.74, 6) is -1.23. The molecule has 0 fully saturated rings. The lowest BCUT2D eigenvalue weighted by molar-refractivity contribution is -0.138. The van der Waals surface area contributed by atoms with E-state index in [0.29, 0.717) is 6.07 Å². The van der Waals surface area contributed by atoms with E-state index in [9.17, 15) is 31.1 Å². The predicted octanol–water partition coefficient (Wildman–Crippen LogP) is 3.74. The van der Waals surface area contributed by atoms with E-state index >= 15 is 0 Å². The Morgan fingerprint density at radius 1 is 0.793 bits per heavy atom. The van der Waals surface area contributed by atoms with Gasteiger partial charge in [-0.25, -0.2) is 9.97 Å². The Morgan fingerprint density at radius 3 is 1.83 bits per heavy atom. The van der Waals surface area contributed by atoms with E-state index in [4.69, 9.17) is 5.73 Å². The maximum atomic E-state index is 13.3. The standard InChI is InChI=1S/C17H9F6N5O/c18-16(19,20)8-3-1-5-25-11(8)10-7-27-14(15(24)29)13(28-10)12-9(17(21,22)23)4-2-6-26-12/h1-7H,(H2,24,29). The largest absolute Gasteiger partial charge is 0.418 e. The molecule has 0 bridgehead atoms. The summed E-state index contributed by atoms with van der Waals surface area (Å²) in [6.07, 6.45) is -6.85. The normalized spacial score (nSPS) is 12.1. The van der Waals surface area contributed by atoms with Gasteiger partial charge in [-0.3, -0.25) is 14.8 Å². The first-order valence-corrected chi connectivity index (χ1v) is 7.72. The quantitative estimate of drug-likeness (QED) is 0.661. The van der Waals surface area contributed by atoms with Gasteiger partial charge < -0.3 is 5.73 Å². The van der Waals surface area contributed by atoms with Crippen LogP contribution >= 0.6 is 0 Å². The average Bonchev–Trinajstić information content (AvgIpc) is 2.66. The fraction of sp³-hybridized carbons (Fsp3) is 0.118. The Kier molecular flexibility index (Phi) is 4.95. The van der Waals surface area contributed by atoms with E-state index in [1.807, 2.05) is 0 Å². The Labute approximate surface area is 158 Å². The van der Waals surface area contributed by atoms with Crippen molar-refractivity contribution in [1.29, 1.82) is 0 Å². The summed E-state index contributed by atoms with van der Waals surface area (Å²) in [7, 11) is 0. The topological polar surface area (TPSA) is 94.7 Å². The van der Waals surface area contributed by atoms with Crippen molar-refractivity contribution in [3.63, 3.8) is 0 Å². The summed E-state index contributed by atoms with van der Waals surface area (Å²) in [4.78, 5) is 26.3. The van der Waals surface area contributed by atoms with E-state index in [-0.39, 0.29) is 0 Å². The maximum Gasteiger partial charge on any atom is 0.418 e. The first-order valence-electron chi connectivity index (χ1n) is 7.72. The third-order valence-corrected chi connectivity index (χ3v) is 3.70.